The monoisotopic (exact) mass is 680 g/mol. The number of allylic oxidation sites excluding steroid dienone is 4. The Hall–Kier alpha value is -0.877. The molecule has 3 aromatic carbocycles. The van der Waals surface area contributed by atoms with Crippen molar-refractivity contribution in [3.63, 3.8) is 0 Å². The summed E-state index contributed by atoms with van der Waals surface area (Å²) in [6.45, 7) is 13.6. The summed E-state index contributed by atoms with van der Waals surface area (Å²) in [5.74, 6) is 2.09. The van der Waals surface area contributed by atoms with Gasteiger partial charge < -0.3 is 24.8 Å². The molecular formula is C39H52Cl2Zr-2. The first-order valence-electron chi connectivity index (χ1n) is 16.0. The molecule has 0 aliphatic heterocycles. The van der Waals surface area contributed by atoms with Gasteiger partial charge in [0.15, 0.2) is 0 Å². The van der Waals surface area contributed by atoms with Gasteiger partial charge in [0.25, 0.3) is 0 Å². The van der Waals surface area contributed by atoms with Crippen LogP contribution in [0.4, 0.5) is 0 Å². The van der Waals surface area contributed by atoms with Crippen LogP contribution in [0.25, 0.3) is 21.5 Å². The molecule has 0 unspecified atom stereocenters. The summed E-state index contributed by atoms with van der Waals surface area (Å²) in [6, 6.07) is 16.2. The number of halogens is 2. The average Bonchev–Trinajstić information content (AvgIpc) is 3.64. The van der Waals surface area contributed by atoms with Crippen molar-refractivity contribution in [2.75, 3.05) is 0 Å². The van der Waals surface area contributed by atoms with Crippen LogP contribution in [0.15, 0.2) is 60.7 Å². The Morgan fingerprint density at radius 3 is 1.43 bits per heavy atom. The molecule has 0 nitrogen and oxygen atoms in total. The number of benzene rings is 2. The van der Waals surface area contributed by atoms with E-state index >= 15 is 0 Å². The molecule has 0 saturated heterocycles. The van der Waals surface area contributed by atoms with Gasteiger partial charge in [-0.15, -0.1) is 46.2 Å². The number of rotatable bonds is 2. The summed E-state index contributed by atoms with van der Waals surface area (Å²) in [5, 5.41) is 5.48. The topological polar surface area (TPSA) is 0 Å². The van der Waals surface area contributed by atoms with E-state index in [1.807, 2.05) is 15.4 Å². The van der Waals surface area contributed by atoms with E-state index in [1.165, 1.54) is 96.9 Å². The number of fused-ring (bicyclic) bond motifs is 3. The second kappa shape index (κ2) is 17.0. The van der Waals surface area contributed by atoms with Crippen molar-refractivity contribution in [1.29, 1.82) is 0 Å². The van der Waals surface area contributed by atoms with Gasteiger partial charge in [-0.2, -0.15) is 6.08 Å². The van der Waals surface area contributed by atoms with Crippen LogP contribution >= 0.6 is 0 Å². The molecule has 42 heavy (non-hydrogen) atoms. The molecule has 2 saturated carbocycles. The molecule has 0 amide bonds. The average molecular weight is 683 g/mol. The van der Waals surface area contributed by atoms with Gasteiger partial charge in [0.05, 0.1) is 0 Å². The normalized spacial score (nSPS) is 17.5. The van der Waals surface area contributed by atoms with Crippen LogP contribution in [0, 0.1) is 17.9 Å². The van der Waals surface area contributed by atoms with Gasteiger partial charge in [0.1, 0.15) is 0 Å². The van der Waals surface area contributed by atoms with Crippen molar-refractivity contribution in [3.05, 3.63) is 77.9 Å². The summed E-state index contributed by atoms with van der Waals surface area (Å²) in [7, 11) is 0. The van der Waals surface area contributed by atoms with Gasteiger partial charge in [0.2, 0.25) is 0 Å². The predicted molar refractivity (Wildman–Crippen MR) is 174 cm³/mol. The number of hydrogen-bond donors (Lipinski definition) is 0. The van der Waals surface area contributed by atoms with Crippen LogP contribution < -0.4 is 24.8 Å². The van der Waals surface area contributed by atoms with E-state index < -0.39 is 0 Å². The Labute approximate surface area is 284 Å². The van der Waals surface area contributed by atoms with Gasteiger partial charge in [-0.3, -0.25) is 6.08 Å². The van der Waals surface area contributed by atoms with Crippen molar-refractivity contribution in [2.24, 2.45) is 11.8 Å². The van der Waals surface area contributed by atoms with Crippen LogP contribution in [-0.4, -0.2) is 3.21 Å². The van der Waals surface area contributed by atoms with Crippen molar-refractivity contribution in [2.45, 2.75) is 123 Å². The molecule has 0 heterocycles. The fourth-order valence-corrected chi connectivity index (χ4v) is 7.88. The Balaban J connectivity index is 0.000000253. The van der Waals surface area contributed by atoms with Gasteiger partial charge >= 0.3 is 103 Å². The van der Waals surface area contributed by atoms with Gasteiger partial charge in [0, 0.05) is 0 Å². The Morgan fingerprint density at radius 2 is 1.12 bits per heavy atom. The van der Waals surface area contributed by atoms with E-state index in [0.29, 0.717) is 0 Å². The molecule has 0 radical (unpaired) electrons. The van der Waals surface area contributed by atoms with Crippen molar-refractivity contribution >= 4 is 24.8 Å². The van der Waals surface area contributed by atoms with Crippen LogP contribution in [0.1, 0.15) is 123 Å². The van der Waals surface area contributed by atoms with E-state index in [-0.39, 0.29) is 35.6 Å². The molecule has 6 rings (SSSR count). The fourth-order valence-electron chi connectivity index (χ4n) is 6.46. The molecule has 3 aromatic rings. The molecule has 3 heteroatoms. The first kappa shape index (κ1) is 37.3. The Morgan fingerprint density at radius 1 is 0.690 bits per heavy atom. The Kier molecular flexibility index (Phi) is 15.1. The number of hydrogen-bond acceptors (Lipinski definition) is 0. The van der Waals surface area contributed by atoms with Crippen LogP contribution in [0.5, 0.6) is 0 Å². The van der Waals surface area contributed by atoms with Crippen molar-refractivity contribution in [1.82, 2.24) is 0 Å². The molecule has 2 fully saturated rings. The van der Waals surface area contributed by atoms with Crippen LogP contribution in [0.2, 0.25) is 0 Å². The van der Waals surface area contributed by atoms with E-state index in [0.717, 1.165) is 18.3 Å². The Bertz CT molecular complexity index is 1220. The van der Waals surface area contributed by atoms with Crippen LogP contribution in [-0.2, 0) is 35.1 Å². The standard InChI is InChI=1S/C21H25.C13H22.C5H5.2ClH.Zr/c1-20(2,3)16-7-9-18-14(12-16)11-15-13-17(21(4,5)6)8-10-19(15)18;1-3-7-12(8-4-1)11-13-9-5-2-6-10-13;1-2-4-5-3-1;;;/h7-13H,1-6H3;12-13H,1-10H2;1-3H,4H2;2*1H;/q-1;;-1;;;+2/p-2. The zero-order chi connectivity index (χ0) is 28.8. The van der Waals surface area contributed by atoms with Gasteiger partial charge in [-0.05, 0) is 10.8 Å². The van der Waals surface area contributed by atoms with E-state index in [1.54, 1.807) is 24.2 Å². The molecule has 228 valence electrons. The molecular weight excluding hydrogens is 631 g/mol. The minimum atomic E-state index is 0. The van der Waals surface area contributed by atoms with Gasteiger partial charge in [-0.1, -0.05) is 76.9 Å². The maximum atomic E-state index is 2.99. The molecule has 0 aromatic heterocycles. The summed E-state index contributed by atoms with van der Waals surface area (Å²) in [6.07, 6.45) is 25.1. The molecule has 3 aliphatic carbocycles. The second-order valence-corrected chi connectivity index (χ2v) is 15.8. The summed E-state index contributed by atoms with van der Waals surface area (Å²) in [4.78, 5) is 0. The fraction of sp³-hybridized carbons (Fsp3) is 0.538. The predicted octanol–water partition coefficient (Wildman–Crippen LogP) is 5.49. The van der Waals surface area contributed by atoms with E-state index in [9.17, 15) is 0 Å². The summed E-state index contributed by atoms with van der Waals surface area (Å²) >= 11 is 1.77. The third-order valence-electron chi connectivity index (χ3n) is 9.11. The SMILES string of the molecule is CC(C)(C)c1ccc2c(c1)[cH-]c1cc(C(C)(C)C)ccc12.[C-]1=CC=CC1.[Cl-].[Cl-].[Zr+2]=[C](C1CCCCC1)C1CCCCC1. The van der Waals surface area contributed by atoms with Crippen LogP contribution in [0.3, 0.4) is 0 Å². The van der Waals surface area contributed by atoms with Crippen molar-refractivity contribution in [3.8, 4) is 0 Å². The first-order valence-corrected chi connectivity index (χ1v) is 17.2. The maximum absolute atomic E-state index is 2.99. The quantitative estimate of drug-likeness (QED) is 0.314. The third kappa shape index (κ3) is 10.3. The van der Waals surface area contributed by atoms with Gasteiger partial charge in [-0.25, -0.2) is 12.2 Å². The third-order valence-corrected chi connectivity index (χ3v) is 11.1. The first-order chi connectivity index (χ1) is 19.0. The molecule has 0 atom stereocenters. The molecule has 0 N–H and O–H groups in total. The molecule has 0 bridgehead atoms. The van der Waals surface area contributed by atoms with E-state index in [4.69, 9.17) is 0 Å². The van der Waals surface area contributed by atoms with E-state index in [2.05, 4.69) is 96.2 Å². The summed E-state index contributed by atoms with van der Waals surface area (Å²) in [5.41, 5.74) is 3.21. The van der Waals surface area contributed by atoms with Crippen molar-refractivity contribution < 1.29 is 49.0 Å². The zero-order valence-electron chi connectivity index (χ0n) is 27.0. The minimum absolute atomic E-state index is 0. The molecule has 0 spiro atoms. The molecule has 3 aliphatic rings. The second-order valence-electron chi connectivity index (χ2n) is 14.4. The summed E-state index contributed by atoms with van der Waals surface area (Å²) < 4.78 is 1.97. The zero-order valence-corrected chi connectivity index (χ0v) is 30.9.